The largest absolute Gasteiger partial charge is 0.744 e. The first-order chi connectivity index (χ1) is 25.4. The van der Waals surface area contributed by atoms with E-state index in [1.165, 1.54) is 12.1 Å². The molecule has 4 heterocycles. The zero-order valence-corrected chi connectivity index (χ0v) is 30.9. The van der Waals surface area contributed by atoms with Gasteiger partial charge in [0.25, 0.3) is 5.91 Å². The molecule has 7 rings (SSSR count). The molecule has 2 aliphatic rings. The molecule has 5 aromatic rings. The van der Waals surface area contributed by atoms with Gasteiger partial charge in [0.2, 0.25) is 5.91 Å². The quantitative estimate of drug-likeness (QED) is 0.179. The van der Waals surface area contributed by atoms with Crippen LogP contribution in [0.2, 0.25) is 0 Å². The van der Waals surface area contributed by atoms with Gasteiger partial charge in [-0.1, -0.05) is 42.0 Å². The van der Waals surface area contributed by atoms with E-state index >= 15 is 0 Å². The van der Waals surface area contributed by atoms with Crippen molar-refractivity contribution in [3.8, 4) is 0 Å². The summed E-state index contributed by atoms with van der Waals surface area (Å²) in [5.74, 6) is 1.01. The minimum Gasteiger partial charge on any atom is -0.744 e. The van der Waals surface area contributed by atoms with Gasteiger partial charge in [0.05, 0.1) is 29.0 Å². The molecule has 2 N–H and O–H groups in total. The number of nitrogens with zero attached hydrogens (tertiary/aromatic N) is 4. The second kappa shape index (κ2) is 17.7. The molecule has 1 saturated heterocycles. The number of amides is 2. The molecular weight excluding hydrogens is 693 g/mol. The van der Waals surface area contributed by atoms with Gasteiger partial charge in [0, 0.05) is 55.7 Å². The van der Waals surface area contributed by atoms with E-state index in [1.54, 1.807) is 27.9 Å². The minimum absolute atomic E-state index is 0.0790. The molecule has 12 nitrogen and oxygen atoms in total. The fraction of sp³-hybridized carbons (Fsp3) is 0.275. The Balaban J connectivity index is 0.000000261. The molecule has 53 heavy (non-hydrogen) atoms. The number of carbonyl (C=O) groups excluding carboxylic acids is 3. The van der Waals surface area contributed by atoms with Crippen LogP contribution >= 0.6 is 0 Å². The van der Waals surface area contributed by atoms with Crippen molar-refractivity contribution in [3.05, 3.63) is 131 Å². The van der Waals surface area contributed by atoms with E-state index < -0.39 is 10.1 Å². The Kier molecular flexibility index (Phi) is 12.9. The second-order valence-corrected chi connectivity index (χ2v) is 14.4. The highest BCUT2D eigenvalue weighted by atomic mass is 32.2. The summed E-state index contributed by atoms with van der Waals surface area (Å²) >= 11 is 0. The number of hydrogen-bond acceptors (Lipinski definition) is 8. The number of piperidine rings is 1. The molecule has 2 aliphatic heterocycles. The zero-order valence-electron chi connectivity index (χ0n) is 30.1. The third-order valence-electron chi connectivity index (χ3n) is 9.24. The number of benzene rings is 3. The number of carbonyl (C=O) groups is 3. The average Bonchev–Trinajstić information content (AvgIpc) is 3.41. The van der Waals surface area contributed by atoms with Crippen molar-refractivity contribution in [1.82, 2.24) is 14.7 Å². The maximum absolute atomic E-state index is 13.7. The van der Waals surface area contributed by atoms with Gasteiger partial charge in [-0.3, -0.25) is 14.3 Å². The maximum atomic E-state index is 13.7. The summed E-state index contributed by atoms with van der Waals surface area (Å²) < 4.78 is 32.9. The SMILES string of the molecule is Cc1cc(C(=O)N2Cc3cnn(C)c3Nc3ccccc32)ccc1CCC(=O)N1CCC(C=O)CC1.Cc1ccc(S(=O)(=O)[O-])cc1.c1cc[nH+]cc1. The molecule has 0 spiro atoms. The van der Waals surface area contributed by atoms with E-state index in [0.717, 1.165) is 58.6 Å². The molecule has 2 aromatic heterocycles. The van der Waals surface area contributed by atoms with Crippen molar-refractivity contribution in [1.29, 1.82) is 0 Å². The number of fused-ring (bicyclic) bond motifs is 2. The number of hydrogen-bond donors (Lipinski definition) is 1. The molecule has 0 atom stereocenters. The fourth-order valence-corrected chi connectivity index (χ4v) is 6.61. The Morgan fingerprint density at radius 3 is 2.26 bits per heavy atom. The summed E-state index contributed by atoms with van der Waals surface area (Å²) in [6.07, 6.45) is 9.10. The van der Waals surface area contributed by atoms with E-state index in [0.29, 0.717) is 38.0 Å². The predicted octanol–water partition coefficient (Wildman–Crippen LogP) is 5.40. The van der Waals surface area contributed by atoms with Crippen molar-refractivity contribution < 1.29 is 32.3 Å². The van der Waals surface area contributed by atoms with Gasteiger partial charge in [-0.2, -0.15) is 5.10 Å². The average molecular weight is 737 g/mol. The highest BCUT2D eigenvalue weighted by Crippen LogP contribution is 2.36. The van der Waals surface area contributed by atoms with Gasteiger partial charge >= 0.3 is 0 Å². The number of para-hydroxylation sites is 2. The standard InChI is InChI=1S/C28H31N5O3.C7H8O3S.C5H5N/c1-19-15-22(8-7-21(19)9-10-26(35)32-13-11-20(18-34)12-14-32)28(36)33-17-23-16-29-31(2)27(23)30-24-5-3-4-6-25(24)33;1-6-2-4-7(5-3-6)11(8,9)10;1-2-4-6-5-3-1/h3-8,15-16,18,20,30H,9-14,17H2,1-2H3;2-5H,1H3,(H,8,9,10);1-5H. The number of anilines is 3. The van der Waals surface area contributed by atoms with Gasteiger partial charge < -0.3 is 24.5 Å². The van der Waals surface area contributed by atoms with Crippen LogP contribution in [0.5, 0.6) is 0 Å². The summed E-state index contributed by atoms with van der Waals surface area (Å²) in [5.41, 5.74) is 6.23. The van der Waals surface area contributed by atoms with Crippen molar-refractivity contribution in [2.24, 2.45) is 13.0 Å². The summed E-state index contributed by atoms with van der Waals surface area (Å²) in [7, 11) is -2.39. The van der Waals surface area contributed by atoms with Crippen molar-refractivity contribution in [3.63, 3.8) is 0 Å². The normalized spacial score (nSPS) is 13.8. The highest BCUT2D eigenvalue weighted by molar-refractivity contribution is 7.85. The number of aldehydes is 1. The third kappa shape index (κ3) is 10.2. The smallest absolute Gasteiger partial charge is 0.258 e. The minimum atomic E-state index is -4.27. The Bertz CT molecular complexity index is 2100. The summed E-state index contributed by atoms with van der Waals surface area (Å²) in [6.45, 7) is 5.53. The predicted molar refractivity (Wildman–Crippen MR) is 200 cm³/mol. The van der Waals surface area contributed by atoms with Gasteiger partial charge in [-0.05, 0) is 80.6 Å². The first-order valence-corrected chi connectivity index (χ1v) is 18.8. The van der Waals surface area contributed by atoms with Crippen LogP contribution in [-0.4, -0.2) is 58.8 Å². The van der Waals surface area contributed by atoms with E-state index in [2.05, 4.69) is 15.4 Å². The van der Waals surface area contributed by atoms with E-state index in [-0.39, 0.29) is 22.6 Å². The molecule has 0 bridgehead atoms. The molecule has 276 valence electrons. The number of likely N-dealkylation sites (tertiary alicyclic amines) is 1. The second-order valence-electron chi connectivity index (χ2n) is 13.0. The molecule has 0 saturated carbocycles. The fourth-order valence-electron chi connectivity index (χ4n) is 6.14. The van der Waals surface area contributed by atoms with Crippen LogP contribution < -0.4 is 15.2 Å². The van der Waals surface area contributed by atoms with Gasteiger partial charge in [0.1, 0.15) is 22.2 Å². The van der Waals surface area contributed by atoms with Crippen LogP contribution in [0.1, 0.15) is 51.9 Å². The molecule has 1 fully saturated rings. The Morgan fingerprint density at radius 1 is 0.962 bits per heavy atom. The summed E-state index contributed by atoms with van der Waals surface area (Å²) in [5, 5.41) is 7.77. The number of pyridine rings is 1. The van der Waals surface area contributed by atoms with Gasteiger partial charge in [-0.25, -0.2) is 13.4 Å². The maximum Gasteiger partial charge on any atom is 0.258 e. The van der Waals surface area contributed by atoms with Crippen molar-refractivity contribution in [2.75, 3.05) is 23.3 Å². The number of aromatic amines is 1. The molecule has 3 aromatic carbocycles. The summed E-state index contributed by atoms with van der Waals surface area (Å²) in [4.78, 5) is 43.7. The number of nitrogens with one attached hydrogen (secondary N) is 2. The molecule has 0 radical (unpaired) electrons. The van der Waals surface area contributed by atoms with Crippen LogP contribution in [-0.2, 0) is 39.7 Å². The van der Waals surface area contributed by atoms with Gasteiger partial charge in [0.15, 0.2) is 12.4 Å². The Labute approximate surface area is 310 Å². The third-order valence-corrected chi connectivity index (χ3v) is 10.1. The van der Waals surface area contributed by atoms with Crippen LogP contribution in [0.25, 0.3) is 0 Å². The lowest BCUT2D eigenvalue weighted by atomic mass is 9.97. The van der Waals surface area contributed by atoms with E-state index in [9.17, 15) is 27.4 Å². The Hall–Kier alpha value is -5.66. The molecule has 0 unspecified atom stereocenters. The van der Waals surface area contributed by atoms with Crippen LogP contribution in [0, 0.1) is 19.8 Å². The first kappa shape index (κ1) is 38.6. The lowest BCUT2D eigenvalue weighted by Gasteiger charge is -2.29. The van der Waals surface area contributed by atoms with Gasteiger partial charge in [-0.15, -0.1) is 0 Å². The number of aromatic nitrogens is 3. The molecule has 0 aliphatic carbocycles. The highest BCUT2D eigenvalue weighted by Gasteiger charge is 2.27. The van der Waals surface area contributed by atoms with Crippen molar-refractivity contribution >= 4 is 45.4 Å². The van der Waals surface area contributed by atoms with E-state index in [1.807, 2.05) is 98.9 Å². The lowest BCUT2D eigenvalue weighted by molar-refractivity contribution is -0.377. The topological polar surface area (TPSA) is 159 Å². The monoisotopic (exact) mass is 736 g/mol. The van der Waals surface area contributed by atoms with Crippen LogP contribution in [0.3, 0.4) is 0 Å². The Morgan fingerprint density at radius 2 is 1.66 bits per heavy atom. The molecule has 2 amide bonds. The number of H-pyrrole nitrogens is 1. The molecule has 13 heteroatoms. The van der Waals surface area contributed by atoms with Crippen LogP contribution in [0.15, 0.2) is 108 Å². The first-order valence-electron chi connectivity index (χ1n) is 17.4. The summed E-state index contributed by atoms with van der Waals surface area (Å²) in [6, 6.07) is 25.2. The number of rotatable bonds is 6. The molecular formula is C40H44N6O6S. The number of aryl methyl sites for hydroxylation is 4. The lowest BCUT2D eigenvalue weighted by Crippen LogP contribution is -2.38. The zero-order chi connectivity index (χ0) is 38.0. The van der Waals surface area contributed by atoms with E-state index in [4.69, 9.17) is 0 Å². The van der Waals surface area contributed by atoms with Crippen LogP contribution in [0.4, 0.5) is 17.2 Å². The van der Waals surface area contributed by atoms with Crippen molar-refractivity contribution in [2.45, 2.75) is 51.0 Å².